The lowest BCUT2D eigenvalue weighted by molar-refractivity contribution is 0.110. The van der Waals surface area contributed by atoms with Gasteiger partial charge in [0.15, 0.2) is 12.0 Å². The van der Waals surface area contributed by atoms with Crippen molar-refractivity contribution in [3.05, 3.63) is 72.8 Å². The Morgan fingerprint density at radius 1 is 1.00 bits per heavy atom. The Morgan fingerprint density at radius 3 is 2.73 bits per heavy atom. The van der Waals surface area contributed by atoms with Gasteiger partial charge in [-0.15, -0.1) is 0 Å². The van der Waals surface area contributed by atoms with Crippen molar-refractivity contribution in [2.75, 3.05) is 0 Å². The zero-order valence-electron chi connectivity index (χ0n) is 11.6. The number of benzene rings is 1. The maximum absolute atomic E-state index is 10.7. The number of fused-ring (bicyclic) bond motifs is 1. The third-order valence-electron chi connectivity index (χ3n) is 3.55. The van der Waals surface area contributed by atoms with Crippen LogP contribution < -0.4 is 0 Å². The van der Waals surface area contributed by atoms with E-state index >= 15 is 0 Å². The van der Waals surface area contributed by atoms with E-state index < -0.39 is 0 Å². The van der Waals surface area contributed by atoms with Crippen LogP contribution in [0.5, 0.6) is 0 Å². The second-order valence-electron chi connectivity index (χ2n) is 4.99. The minimum atomic E-state index is 0.327. The normalized spacial score (nSPS) is 10.9. The fourth-order valence-corrected chi connectivity index (χ4v) is 2.48. The monoisotopic (exact) mass is 288 g/mol. The van der Waals surface area contributed by atoms with Gasteiger partial charge in [0, 0.05) is 23.5 Å². The van der Waals surface area contributed by atoms with Gasteiger partial charge in [-0.2, -0.15) is 0 Å². The molecule has 0 aliphatic heterocycles. The minimum Gasteiger partial charge on any atom is -0.453 e. The molecule has 3 aromatic heterocycles. The van der Waals surface area contributed by atoms with E-state index in [4.69, 9.17) is 4.42 Å². The Balaban J connectivity index is 1.79. The number of hydrogen-bond acceptors (Lipinski definition) is 3. The summed E-state index contributed by atoms with van der Waals surface area (Å²) in [4.78, 5) is 15.3. The predicted molar refractivity (Wildman–Crippen MR) is 83.7 cm³/mol. The van der Waals surface area contributed by atoms with E-state index in [0.29, 0.717) is 17.8 Å². The molecular formula is C18H12N2O2. The summed E-state index contributed by atoms with van der Waals surface area (Å²) in [6.07, 6.45) is 4.67. The van der Waals surface area contributed by atoms with Crippen LogP contribution in [0, 0.1) is 0 Å². The SMILES string of the molecule is O=Cc1ccc(-c2cccc(-c3cn4ccccc4n3)c2)o1. The summed E-state index contributed by atoms with van der Waals surface area (Å²) in [6.45, 7) is 0. The molecule has 22 heavy (non-hydrogen) atoms. The molecule has 0 fully saturated rings. The van der Waals surface area contributed by atoms with Gasteiger partial charge in [-0.3, -0.25) is 4.79 Å². The molecule has 106 valence electrons. The number of pyridine rings is 1. The van der Waals surface area contributed by atoms with Crippen LogP contribution in [-0.2, 0) is 0 Å². The summed E-state index contributed by atoms with van der Waals surface area (Å²) < 4.78 is 7.46. The van der Waals surface area contributed by atoms with Crippen molar-refractivity contribution in [2.45, 2.75) is 0 Å². The van der Waals surface area contributed by atoms with Crippen molar-refractivity contribution < 1.29 is 9.21 Å². The number of carbonyl (C=O) groups is 1. The second kappa shape index (κ2) is 5.00. The third kappa shape index (κ3) is 2.11. The molecule has 0 radical (unpaired) electrons. The molecule has 0 amide bonds. The van der Waals surface area contributed by atoms with Crippen LogP contribution in [0.15, 0.2) is 71.4 Å². The van der Waals surface area contributed by atoms with Crippen LogP contribution in [0.2, 0.25) is 0 Å². The summed E-state index contributed by atoms with van der Waals surface area (Å²) >= 11 is 0. The molecule has 0 saturated heterocycles. The number of aromatic nitrogens is 2. The Bertz CT molecular complexity index is 933. The lowest BCUT2D eigenvalue weighted by Crippen LogP contribution is -1.80. The maximum atomic E-state index is 10.7. The van der Waals surface area contributed by atoms with Crippen LogP contribution in [0.25, 0.3) is 28.2 Å². The van der Waals surface area contributed by atoms with E-state index in [-0.39, 0.29) is 0 Å². The molecule has 4 rings (SSSR count). The fourth-order valence-electron chi connectivity index (χ4n) is 2.48. The molecule has 1 aromatic carbocycles. The van der Waals surface area contributed by atoms with E-state index in [1.807, 2.05) is 59.3 Å². The van der Waals surface area contributed by atoms with Crippen LogP contribution in [-0.4, -0.2) is 15.7 Å². The molecule has 0 atom stereocenters. The lowest BCUT2D eigenvalue weighted by atomic mass is 10.1. The van der Waals surface area contributed by atoms with E-state index in [1.54, 1.807) is 12.1 Å². The van der Waals surface area contributed by atoms with Crippen molar-refractivity contribution in [1.82, 2.24) is 9.38 Å². The predicted octanol–water partition coefficient (Wildman–Crippen LogP) is 4.07. The second-order valence-corrected chi connectivity index (χ2v) is 4.99. The zero-order valence-corrected chi connectivity index (χ0v) is 11.6. The van der Waals surface area contributed by atoms with E-state index in [2.05, 4.69) is 4.98 Å². The van der Waals surface area contributed by atoms with Crippen LogP contribution >= 0.6 is 0 Å². The molecule has 0 aliphatic rings. The topological polar surface area (TPSA) is 47.5 Å². The Hall–Kier alpha value is -3.14. The first-order valence-corrected chi connectivity index (χ1v) is 6.93. The number of rotatable bonds is 3. The highest BCUT2D eigenvalue weighted by molar-refractivity contribution is 5.74. The van der Waals surface area contributed by atoms with E-state index in [9.17, 15) is 4.79 Å². The summed E-state index contributed by atoms with van der Waals surface area (Å²) in [5, 5.41) is 0. The highest BCUT2D eigenvalue weighted by Gasteiger charge is 2.08. The van der Waals surface area contributed by atoms with Gasteiger partial charge in [-0.1, -0.05) is 24.3 Å². The van der Waals surface area contributed by atoms with Gasteiger partial charge in [-0.05, 0) is 30.3 Å². The molecular weight excluding hydrogens is 276 g/mol. The van der Waals surface area contributed by atoms with Crippen molar-refractivity contribution in [3.8, 4) is 22.6 Å². The van der Waals surface area contributed by atoms with Crippen LogP contribution in [0.3, 0.4) is 0 Å². The number of imidazole rings is 1. The van der Waals surface area contributed by atoms with Crippen molar-refractivity contribution >= 4 is 11.9 Å². The van der Waals surface area contributed by atoms with Gasteiger partial charge in [0.25, 0.3) is 0 Å². The number of carbonyl (C=O) groups excluding carboxylic acids is 1. The van der Waals surface area contributed by atoms with Gasteiger partial charge in [0.1, 0.15) is 11.4 Å². The number of aldehydes is 1. The summed E-state index contributed by atoms with van der Waals surface area (Å²) in [6, 6.07) is 17.3. The molecule has 0 bridgehead atoms. The van der Waals surface area contributed by atoms with Gasteiger partial charge >= 0.3 is 0 Å². The third-order valence-corrected chi connectivity index (χ3v) is 3.55. The number of hydrogen-bond donors (Lipinski definition) is 0. The molecule has 0 spiro atoms. The quantitative estimate of drug-likeness (QED) is 0.534. The van der Waals surface area contributed by atoms with Crippen molar-refractivity contribution in [2.24, 2.45) is 0 Å². The molecule has 3 heterocycles. The Morgan fingerprint density at radius 2 is 1.91 bits per heavy atom. The standard InChI is InChI=1S/C18H12N2O2/c21-12-15-7-8-17(22-15)14-5-3-4-13(10-14)16-11-20-9-2-1-6-18(20)19-16/h1-12H. The van der Waals surface area contributed by atoms with Crippen molar-refractivity contribution in [3.63, 3.8) is 0 Å². The molecule has 0 unspecified atom stereocenters. The summed E-state index contributed by atoms with van der Waals surface area (Å²) in [7, 11) is 0. The average Bonchev–Trinajstić information content (AvgIpc) is 3.21. The summed E-state index contributed by atoms with van der Waals surface area (Å²) in [5.41, 5.74) is 3.73. The first kappa shape index (κ1) is 12.6. The summed E-state index contributed by atoms with van der Waals surface area (Å²) in [5.74, 6) is 1.00. The fraction of sp³-hybridized carbons (Fsp3) is 0. The van der Waals surface area contributed by atoms with Crippen LogP contribution in [0.1, 0.15) is 10.6 Å². The molecule has 4 heteroatoms. The van der Waals surface area contributed by atoms with E-state index in [0.717, 1.165) is 22.5 Å². The lowest BCUT2D eigenvalue weighted by Gasteiger charge is -2.00. The molecule has 4 aromatic rings. The van der Waals surface area contributed by atoms with Crippen LogP contribution in [0.4, 0.5) is 0 Å². The first-order chi connectivity index (χ1) is 10.8. The van der Waals surface area contributed by atoms with Gasteiger partial charge in [0.05, 0.1) is 5.69 Å². The number of furan rings is 1. The average molecular weight is 288 g/mol. The van der Waals surface area contributed by atoms with Gasteiger partial charge in [0.2, 0.25) is 0 Å². The Kier molecular flexibility index (Phi) is 2.86. The maximum Gasteiger partial charge on any atom is 0.185 e. The smallest absolute Gasteiger partial charge is 0.185 e. The highest BCUT2D eigenvalue weighted by Crippen LogP contribution is 2.27. The first-order valence-electron chi connectivity index (χ1n) is 6.93. The molecule has 0 aliphatic carbocycles. The molecule has 0 N–H and O–H groups in total. The van der Waals surface area contributed by atoms with Gasteiger partial charge < -0.3 is 8.82 Å². The number of nitrogens with zero attached hydrogens (tertiary/aromatic N) is 2. The minimum absolute atomic E-state index is 0.327. The van der Waals surface area contributed by atoms with E-state index in [1.165, 1.54) is 0 Å². The zero-order chi connectivity index (χ0) is 14.9. The largest absolute Gasteiger partial charge is 0.453 e. The van der Waals surface area contributed by atoms with Crippen molar-refractivity contribution in [1.29, 1.82) is 0 Å². The highest BCUT2D eigenvalue weighted by atomic mass is 16.3. The Labute approximate surface area is 126 Å². The molecule has 0 saturated carbocycles. The van der Waals surface area contributed by atoms with Gasteiger partial charge in [-0.25, -0.2) is 4.98 Å². The molecule has 4 nitrogen and oxygen atoms in total.